The van der Waals surface area contributed by atoms with Gasteiger partial charge < -0.3 is 9.47 Å². The summed E-state index contributed by atoms with van der Waals surface area (Å²) >= 11 is 2.27. The molecule has 0 aliphatic heterocycles. The van der Waals surface area contributed by atoms with Crippen molar-refractivity contribution in [2.24, 2.45) is 0 Å². The summed E-state index contributed by atoms with van der Waals surface area (Å²) < 4.78 is 38.4. The molecular weight excluding hydrogens is 422 g/mol. The fraction of sp³-hybridized carbons (Fsp3) is 0.444. The minimum atomic E-state index is -3.83. The molecule has 0 bridgehead atoms. The lowest BCUT2D eigenvalue weighted by molar-refractivity contribution is -0.145. The Morgan fingerprint density at radius 1 is 1.25 bits per heavy atom. The van der Waals surface area contributed by atoms with E-state index in [1.807, 2.05) is 0 Å². The number of carbonyl (C=O) groups is 2. The Labute approximate surface area is 171 Å². The SMILES string of the molecule is CCOC(=O)c1c(NS(=O)(=O)c2cccs2)sc2c1C(C(=O)OCC)CCC2. The zero-order valence-corrected chi connectivity index (χ0v) is 18.0. The van der Waals surface area contributed by atoms with Crippen LogP contribution < -0.4 is 4.72 Å². The third-order valence-electron chi connectivity index (χ3n) is 4.30. The number of hydrogen-bond acceptors (Lipinski definition) is 8. The number of rotatable bonds is 7. The van der Waals surface area contributed by atoms with E-state index in [4.69, 9.17) is 9.47 Å². The largest absolute Gasteiger partial charge is 0.466 e. The normalized spacial score (nSPS) is 16.3. The number of esters is 2. The standard InChI is InChI=1S/C18H21NO6S3/c1-3-24-17(20)11-7-5-8-12-14(11)15(18(21)25-4-2)16(27-12)19-28(22,23)13-9-6-10-26-13/h6,9-11,19H,3-5,7-8H2,1-2H3. The van der Waals surface area contributed by atoms with Gasteiger partial charge in [0, 0.05) is 4.88 Å². The Morgan fingerprint density at radius 2 is 2.00 bits per heavy atom. The molecule has 10 heteroatoms. The molecule has 1 atom stereocenters. The first-order valence-corrected chi connectivity index (χ1v) is 12.1. The molecule has 0 amide bonds. The number of fused-ring (bicyclic) bond motifs is 1. The Morgan fingerprint density at radius 3 is 2.64 bits per heavy atom. The van der Waals surface area contributed by atoms with Gasteiger partial charge in [0.25, 0.3) is 10.0 Å². The van der Waals surface area contributed by atoms with Crippen molar-refractivity contribution in [3.8, 4) is 0 Å². The molecule has 0 saturated carbocycles. The quantitative estimate of drug-likeness (QED) is 0.654. The van der Waals surface area contributed by atoms with Gasteiger partial charge in [0.1, 0.15) is 9.21 Å². The Balaban J connectivity index is 2.08. The number of carbonyl (C=O) groups excluding carboxylic acids is 2. The Hall–Kier alpha value is -1.91. The second-order valence-electron chi connectivity index (χ2n) is 6.10. The summed E-state index contributed by atoms with van der Waals surface area (Å²) in [6, 6.07) is 3.13. The van der Waals surface area contributed by atoms with E-state index in [-0.39, 0.29) is 28.0 Å². The van der Waals surface area contributed by atoms with Crippen LogP contribution in [-0.2, 0) is 30.7 Å². The molecule has 2 aromatic heterocycles. The van der Waals surface area contributed by atoms with E-state index in [2.05, 4.69) is 4.72 Å². The van der Waals surface area contributed by atoms with Gasteiger partial charge in [-0.1, -0.05) is 6.07 Å². The van der Waals surface area contributed by atoms with Gasteiger partial charge in [-0.05, 0) is 50.1 Å². The molecule has 28 heavy (non-hydrogen) atoms. The van der Waals surface area contributed by atoms with Crippen molar-refractivity contribution in [2.45, 2.75) is 43.2 Å². The monoisotopic (exact) mass is 443 g/mol. The molecule has 1 unspecified atom stereocenters. The Bertz CT molecular complexity index is 962. The maximum Gasteiger partial charge on any atom is 0.341 e. The van der Waals surface area contributed by atoms with Crippen LogP contribution in [0.1, 0.15) is 53.4 Å². The molecule has 0 fully saturated rings. The maximum absolute atomic E-state index is 12.7. The number of sulfonamides is 1. The zero-order chi connectivity index (χ0) is 20.3. The highest BCUT2D eigenvalue weighted by Gasteiger charge is 2.37. The summed E-state index contributed by atoms with van der Waals surface area (Å²) in [4.78, 5) is 26.0. The van der Waals surface area contributed by atoms with Crippen LogP contribution in [0.2, 0.25) is 0 Å². The number of thiophene rings is 2. The summed E-state index contributed by atoms with van der Waals surface area (Å²) in [5.74, 6) is -1.64. The summed E-state index contributed by atoms with van der Waals surface area (Å²) in [6.07, 6.45) is 1.98. The molecular formula is C18H21NO6S3. The molecule has 1 N–H and O–H groups in total. The molecule has 2 heterocycles. The number of hydrogen-bond donors (Lipinski definition) is 1. The summed E-state index contributed by atoms with van der Waals surface area (Å²) in [5.41, 5.74) is 0.664. The molecule has 1 aliphatic rings. The van der Waals surface area contributed by atoms with E-state index >= 15 is 0 Å². The van der Waals surface area contributed by atoms with Gasteiger partial charge in [0.15, 0.2) is 0 Å². The van der Waals surface area contributed by atoms with Crippen molar-refractivity contribution in [3.05, 3.63) is 33.5 Å². The van der Waals surface area contributed by atoms with Crippen LogP contribution in [0.25, 0.3) is 0 Å². The summed E-state index contributed by atoms with van der Waals surface area (Å²) in [5, 5.41) is 1.85. The van der Waals surface area contributed by atoms with Crippen LogP contribution in [0, 0.1) is 0 Å². The van der Waals surface area contributed by atoms with E-state index in [0.717, 1.165) is 22.6 Å². The zero-order valence-electron chi connectivity index (χ0n) is 15.5. The lowest BCUT2D eigenvalue weighted by atomic mass is 9.85. The number of nitrogens with one attached hydrogen (secondary N) is 1. The van der Waals surface area contributed by atoms with Crippen molar-refractivity contribution in [3.63, 3.8) is 0 Å². The van der Waals surface area contributed by atoms with E-state index in [9.17, 15) is 18.0 Å². The van der Waals surface area contributed by atoms with Crippen molar-refractivity contribution >= 4 is 49.6 Å². The van der Waals surface area contributed by atoms with Gasteiger partial charge in [-0.3, -0.25) is 9.52 Å². The van der Waals surface area contributed by atoms with Crippen LogP contribution >= 0.6 is 22.7 Å². The molecule has 0 saturated heterocycles. The first-order valence-electron chi connectivity index (χ1n) is 8.94. The van der Waals surface area contributed by atoms with Crippen molar-refractivity contribution in [1.29, 1.82) is 0 Å². The molecule has 152 valence electrons. The van der Waals surface area contributed by atoms with Gasteiger partial charge in [0.2, 0.25) is 0 Å². The van der Waals surface area contributed by atoms with Crippen LogP contribution in [0.5, 0.6) is 0 Å². The average molecular weight is 444 g/mol. The van der Waals surface area contributed by atoms with Gasteiger partial charge in [-0.25, -0.2) is 13.2 Å². The third kappa shape index (κ3) is 4.08. The first kappa shape index (κ1) is 20.8. The van der Waals surface area contributed by atoms with Gasteiger partial charge in [0.05, 0.1) is 24.7 Å². The minimum absolute atomic E-state index is 0.125. The lowest BCUT2D eigenvalue weighted by Gasteiger charge is -2.22. The van der Waals surface area contributed by atoms with E-state index in [1.165, 1.54) is 17.4 Å². The van der Waals surface area contributed by atoms with Gasteiger partial charge in [-0.15, -0.1) is 22.7 Å². The molecule has 1 aliphatic carbocycles. The minimum Gasteiger partial charge on any atom is -0.466 e. The number of aryl methyl sites for hydroxylation is 1. The van der Waals surface area contributed by atoms with Crippen molar-refractivity contribution < 1.29 is 27.5 Å². The van der Waals surface area contributed by atoms with E-state index in [0.29, 0.717) is 18.4 Å². The molecule has 0 aromatic carbocycles. The predicted octanol–water partition coefficient (Wildman–Crippen LogP) is 3.77. The molecule has 0 spiro atoms. The van der Waals surface area contributed by atoms with Crippen LogP contribution in [0.3, 0.4) is 0 Å². The van der Waals surface area contributed by atoms with E-state index < -0.39 is 27.9 Å². The molecule has 3 rings (SSSR count). The molecule has 0 radical (unpaired) electrons. The van der Waals surface area contributed by atoms with Gasteiger partial charge >= 0.3 is 11.9 Å². The fourth-order valence-electron chi connectivity index (χ4n) is 3.20. The topological polar surface area (TPSA) is 98.8 Å². The highest BCUT2D eigenvalue weighted by Crippen LogP contribution is 2.45. The van der Waals surface area contributed by atoms with E-state index in [1.54, 1.807) is 25.3 Å². The van der Waals surface area contributed by atoms with Crippen molar-refractivity contribution in [2.75, 3.05) is 17.9 Å². The highest BCUT2D eigenvalue weighted by molar-refractivity contribution is 7.94. The first-order chi connectivity index (χ1) is 13.4. The average Bonchev–Trinajstić information content (AvgIpc) is 3.29. The Kier molecular flexibility index (Phi) is 6.41. The molecule has 7 nitrogen and oxygen atoms in total. The molecule has 2 aromatic rings. The lowest BCUT2D eigenvalue weighted by Crippen LogP contribution is -2.23. The summed E-state index contributed by atoms with van der Waals surface area (Å²) in [7, 11) is -3.83. The second kappa shape index (κ2) is 8.62. The van der Waals surface area contributed by atoms with Crippen LogP contribution in [-0.4, -0.2) is 33.6 Å². The second-order valence-corrected chi connectivity index (χ2v) is 10.1. The number of anilines is 1. The van der Waals surface area contributed by atoms with Crippen LogP contribution in [0.4, 0.5) is 5.00 Å². The fourth-order valence-corrected chi connectivity index (χ4v) is 6.79. The highest BCUT2D eigenvalue weighted by atomic mass is 32.2. The van der Waals surface area contributed by atoms with Crippen molar-refractivity contribution in [1.82, 2.24) is 0 Å². The smallest absolute Gasteiger partial charge is 0.341 e. The third-order valence-corrected chi connectivity index (χ3v) is 8.36. The summed E-state index contributed by atoms with van der Waals surface area (Å²) in [6.45, 7) is 3.78. The maximum atomic E-state index is 12.7. The predicted molar refractivity (Wildman–Crippen MR) is 108 cm³/mol. The van der Waals surface area contributed by atoms with Gasteiger partial charge in [-0.2, -0.15) is 0 Å². The number of ether oxygens (including phenoxy) is 2. The van der Waals surface area contributed by atoms with Crippen LogP contribution in [0.15, 0.2) is 21.7 Å².